The van der Waals surface area contributed by atoms with Crippen LogP contribution in [0.4, 0.5) is 0 Å². The molecule has 5 rings (SSSR count). The topological polar surface area (TPSA) is 56.9 Å². The van der Waals surface area contributed by atoms with Gasteiger partial charge in [0.05, 0.1) is 10.5 Å². The van der Waals surface area contributed by atoms with Crippen molar-refractivity contribution in [2.24, 2.45) is 7.05 Å². The SMILES string of the molecule is Cn1c2ccc(Cl)cc2c(=O)c2c(=O)n(C3CCCCCC3)c(-c3ccccc3Cl)nc21. The summed E-state index contributed by atoms with van der Waals surface area (Å²) in [5, 5.41) is 1.50. The van der Waals surface area contributed by atoms with Crippen molar-refractivity contribution in [3.63, 3.8) is 0 Å². The summed E-state index contributed by atoms with van der Waals surface area (Å²) < 4.78 is 3.52. The zero-order chi connectivity index (χ0) is 22.4. The number of benzene rings is 2. The van der Waals surface area contributed by atoms with Crippen molar-refractivity contribution in [1.82, 2.24) is 14.1 Å². The van der Waals surface area contributed by atoms with Gasteiger partial charge in [-0.15, -0.1) is 0 Å². The summed E-state index contributed by atoms with van der Waals surface area (Å²) in [6.07, 6.45) is 6.15. The van der Waals surface area contributed by atoms with Crippen LogP contribution in [-0.2, 0) is 7.05 Å². The van der Waals surface area contributed by atoms with E-state index >= 15 is 0 Å². The normalized spacial score (nSPS) is 15.3. The molecule has 0 atom stereocenters. The van der Waals surface area contributed by atoms with Crippen LogP contribution >= 0.6 is 23.2 Å². The molecule has 0 N–H and O–H groups in total. The van der Waals surface area contributed by atoms with Gasteiger partial charge >= 0.3 is 0 Å². The number of aromatic nitrogens is 3. The second-order valence-corrected chi connectivity index (χ2v) is 9.33. The number of fused-ring (bicyclic) bond motifs is 2. The van der Waals surface area contributed by atoms with Gasteiger partial charge in [-0.05, 0) is 43.2 Å². The first-order chi connectivity index (χ1) is 15.5. The van der Waals surface area contributed by atoms with E-state index in [-0.39, 0.29) is 22.4 Å². The Labute approximate surface area is 195 Å². The van der Waals surface area contributed by atoms with E-state index in [2.05, 4.69) is 0 Å². The van der Waals surface area contributed by atoms with Crippen LogP contribution in [0.15, 0.2) is 52.1 Å². The highest BCUT2D eigenvalue weighted by atomic mass is 35.5. The van der Waals surface area contributed by atoms with E-state index in [1.54, 1.807) is 33.4 Å². The second kappa shape index (κ2) is 8.38. The zero-order valence-corrected chi connectivity index (χ0v) is 19.3. The monoisotopic (exact) mass is 467 g/mol. The van der Waals surface area contributed by atoms with Crippen LogP contribution < -0.4 is 11.0 Å². The minimum atomic E-state index is -0.332. The van der Waals surface area contributed by atoms with Gasteiger partial charge in [-0.2, -0.15) is 0 Å². The molecule has 0 bridgehead atoms. The standard InChI is InChI=1S/C25H23Cl2N3O2/c1-29-20-13-12-15(26)14-18(20)22(31)21-24(29)28-23(17-10-6-7-11-19(17)27)30(25(21)32)16-8-4-2-3-5-9-16/h6-7,10-14,16H,2-5,8-9H2,1H3. The van der Waals surface area contributed by atoms with Gasteiger partial charge in [-0.3, -0.25) is 14.2 Å². The highest BCUT2D eigenvalue weighted by Gasteiger charge is 2.25. The third kappa shape index (κ3) is 3.44. The average molecular weight is 468 g/mol. The Kier molecular flexibility index (Phi) is 5.56. The molecule has 0 aliphatic heterocycles. The van der Waals surface area contributed by atoms with E-state index in [4.69, 9.17) is 28.2 Å². The van der Waals surface area contributed by atoms with E-state index in [1.165, 1.54) is 0 Å². The largest absolute Gasteiger partial charge is 0.328 e. The van der Waals surface area contributed by atoms with Gasteiger partial charge in [-0.1, -0.05) is 61.0 Å². The van der Waals surface area contributed by atoms with Gasteiger partial charge in [0.2, 0.25) is 5.43 Å². The number of pyridine rings is 1. The Morgan fingerprint density at radius 3 is 2.41 bits per heavy atom. The van der Waals surface area contributed by atoms with Gasteiger partial charge in [0, 0.05) is 29.1 Å². The van der Waals surface area contributed by atoms with E-state index in [9.17, 15) is 9.59 Å². The molecule has 0 radical (unpaired) electrons. The fourth-order valence-corrected chi connectivity index (χ4v) is 5.27. The molecule has 1 aliphatic rings. The van der Waals surface area contributed by atoms with Crippen LogP contribution in [0.3, 0.4) is 0 Å². The highest BCUT2D eigenvalue weighted by Crippen LogP contribution is 2.33. The maximum Gasteiger partial charge on any atom is 0.267 e. The van der Waals surface area contributed by atoms with E-state index in [0.717, 1.165) is 38.5 Å². The van der Waals surface area contributed by atoms with Crippen LogP contribution in [0.25, 0.3) is 33.3 Å². The van der Waals surface area contributed by atoms with Crippen molar-refractivity contribution >= 4 is 45.1 Å². The molecular weight excluding hydrogens is 445 g/mol. The first kappa shape index (κ1) is 21.2. The van der Waals surface area contributed by atoms with Gasteiger partial charge in [0.15, 0.2) is 5.65 Å². The summed E-state index contributed by atoms with van der Waals surface area (Å²) in [5.74, 6) is 0.517. The lowest BCUT2D eigenvalue weighted by Crippen LogP contribution is -2.32. The van der Waals surface area contributed by atoms with E-state index in [1.807, 2.05) is 25.2 Å². The molecular formula is C25H23Cl2N3O2. The van der Waals surface area contributed by atoms with Crippen LogP contribution in [0, 0.1) is 0 Å². The number of halogens is 2. The predicted molar refractivity (Wildman–Crippen MR) is 131 cm³/mol. The maximum absolute atomic E-state index is 14.0. The van der Waals surface area contributed by atoms with Crippen LogP contribution in [0.2, 0.25) is 10.0 Å². The van der Waals surface area contributed by atoms with Crippen molar-refractivity contribution in [3.8, 4) is 11.4 Å². The molecule has 0 amide bonds. The quantitative estimate of drug-likeness (QED) is 0.263. The van der Waals surface area contributed by atoms with Crippen molar-refractivity contribution in [2.75, 3.05) is 0 Å². The minimum Gasteiger partial charge on any atom is -0.328 e. The van der Waals surface area contributed by atoms with E-state index < -0.39 is 0 Å². The third-order valence-electron chi connectivity index (χ3n) is 6.51. The number of rotatable bonds is 2. The summed E-state index contributed by atoms with van der Waals surface area (Å²) >= 11 is 12.7. The van der Waals surface area contributed by atoms with Crippen molar-refractivity contribution in [1.29, 1.82) is 0 Å². The summed E-state index contributed by atoms with van der Waals surface area (Å²) in [6, 6.07) is 12.5. The molecule has 1 saturated carbocycles. The Morgan fingerprint density at radius 1 is 0.969 bits per heavy atom. The van der Waals surface area contributed by atoms with Gasteiger partial charge < -0.3 is 4.57 Å². The van der Waals surface area contributed by atoms with Crippen LogP contribution in [0.1, 0.15) is 44.6 Å². The van der Waals surface area contributed by atoms with Gasteiger partial charge in [0.25, 0.3) is 5.56 Å². The molecule has 0 spiro atoms. The third-order valence-corrected chi connectivity index (χ3v) is 7.07. The molecule has 164 valence electrons. The molecule has 5 nitrogen and oxygen atoms in total. The molecule has 4 aromatic rings. The summed E-state index contributed by atoms with van der Waals surface area (Å²) in [7, 11) is 1.82. The fourth-order valence-electron chi connectivity index (χ4n) is 4.88. The summed E-state index contributed by atoms with van der Waals surface area (Å²) in [6.45, 7) is 0. The Bertz CT molecular complexity index is 1460. The zero-order valence-electron chi connectivity index (χ0n) is 17.8. The number of hydrogen-bond donors (Lipinski definition) is 0. The lowest BCUT2D eigenvalue weighted by molar-refractivity contribution is 0.434. The van der Waals surface area contributed by atoms with Gasteiger partial charge in [0.1, 0.15) is 11.2 Å². The van der Waals surface area contributed by atoms with Crippen LogP contribution in [-0.4, -0.2) is 14.1 Å². The second-order valence-electron chi connectivity index (χ2n) is 8.48. The minimum absolute atomic E-state index is 0.0204. The van der Waals surface area contributed by atoms with Gasteiger partial charge in [-0.25, -0.2) is 4.98 Å². The Morgan fingerprint density at radius 2 is 1.69 bits per heavy atom. The Balaban J connectivity index is 1.94. The van der Waals surface area contributed by atoms with E-state index in [0.29, 0.717) is 38.0 Å². The fraction of sp³-hybridized carbons (Fsp3) is 0.320. The summed E-state index contributed by atoms with van der Waals surface area (Å²) in [4.78, 5) is 32.4. The van der Waals surface area contributed by atoms with Crippen LogP contribution in [0.5, 0.6) is 0 Å². The first-order valence-corrected chi connectivity index (χ1v) is 11.7. The molecule has 7 heteroatoms. The number of hydrogen-bond acceptors (Lipinski definition) is 3. The Hall–Kier alpha value is -2.63. The van der Waals surface area contributed by atoms with Crippen molar-refractivity contribution in [3.05, 3.63) is 73.1 Å². The number of aryl methyl sites for hydroxylation is 1. The number of nitrogens with zero attached hydrogens (tertiary/aromatic N) is 3. The van der Waals surface area contributed by atoms with Crippen molar-refractivity contribution in [2.45, 2.75) is 44.6 Å². The molecule has 2 aromatic heterocycles. The smallest absolute Gasteiger partial charge is 0.267 e. The molecule has 2 heterocycles. The summed E-state index contributed by atoms with van der Waals surface area (Å²) in [5.41, 5.74) is 1.09. The maximum atomic E-state index is 14.0. The lowest BCUT2D eigenvalue weighted by atomic mass is 10.1. The predicted octanol–water partition coefficient (Wildman–Crippen LogP) is 6.12. The molecule has 1 fully saturated rings. The molecule has 1 aliphatic carbocycles. The molecule has 32 heavy (non-hydrogen) atoms. The first-order valence-electron chi connectivity index (χ1n) is 11.0. The lowest BCUT2D eigenvalue weighted by Gasteiger charge is -2.23. The average Bonchev–Trinajstić information content (AvgIpc) is 3.06. The molecule has 0 unspecified atom stereocenters. The molecule has 0 saturated heterocycles. The molecule has 2 aromatic carbocycles. The van der Waals surface area contributed by atoms with Crippen molar-refractivity contribution < 1.29 is 0 Å². The highest BCUT2D eigenvalue weighted by molar-refractivity contribution is 6.33.